The molecule has 0 bridgehead atoms. The minimum atomic E-state index is -3.12. The number of hydrogen-bond donors (Lipinski definition) is 0. The number of esters is 1. The number of nitrogens with zero attached hydrogens (tertiary/aromatic N) is 2. The van der Waals surface area contributed by atoms with Gasteiger partial charge in [-0.1, -0.05) is 31.4 Å². The van der Waals surface area contributed by atoms with Gasteiger partial charge in [0, 0.05) is 23.7 Å². The Balaban J connectivity index is 1.48. The summed E-state index contributed by atoms with van der Waals surface area (Å²) in [6, 6.07) is 8.41. The van der Waals surface area contributed by atoms with Gasteiger partial charge < -0.3 is 9.64 Å². The van der Waals surface area contributed by atoms with Crippen molar-refractivity contribution in [1.29, 1.82) is 0 Å². The predicted octanol–water partition coefficient (Wildman–Crippen LogP) is 2.74. The molecule has 0 radical (unpaired) electrons. The van der Waals surface area contributed by atoms with Crippen LogP contribution in [0.2, 0.25) is 0 Å². The summed E-state index contributed by atoms with van der Waals surface area (Å²) in [5, 5.41) is 0.670. The molecule has 1 aliphatic heterocycles. The summed E-state index contributed by atoms with van der Waals surface area (Å²) in [5.41, 5.74) is 1.04. The zero-order valence-corrected chi connectivity index (χ0v) is 17.6. The van der Waals surface area contributed by atoms with Crippen molar-refractivity contribution in [3.63, 3.8) is 0 Å². The third-order valence-electron chi connectivity index (χ3n) is 6.05. The summed E-state index contributed by atoms with van der Waals surface area (Å²) >= 11 is 0. The Bertz CT molecular complexity index is 1040. The van der Waals surface area contributed by atoms with Crippen LogP contribution in [0.25, 0.3) is 10.9 Å². The highest BCUT2D eigenvalue weighted by Crippen LogP contribution is 2.28. The summed E-state index contributed by atoms with van der Waals surface area (Å²) in [6.07, 6.45) is 7.02. The average molecular weight is 431 g/mol. The number of amides is 1. The zero-order valence-electron chi connectivity index (χ0n) is 16.8. The normalized spacial score (nSPS) is 21.4. The van der Waals surface area contributed by atoms with E-state index in [9.17, 15) is 18.0 Å². The molecule has 2 fully saturated rings. The van der Waals surface area contributed by atoms with Crippen molar-refractivity contribution in [2.75, 3.05) is 18.1 Å². The second-order valence-corrected chi connectivity index (χ2v) is 10.3. The summed E-state index contributed by atoms with van der Waals surface area (Å²) in [5.74, 6) is -0.782. The van der Waals surface area contributed by atoms with Gasteiger partial charge in [0.1, 0.15) is 0 Å². The van der Waals surface area contributed by atoms with Gasteiger partial charge in [-0.2, -0.15) is 0 Å². The average Bonchev–Trinajstić information content (AvgIpc) is 3.11. The molecule has 1 aromatic heterocycles. The van der Waals surface area contributed by atoms with Crippen LogP contribution >= 0.6 is 0 Å². The lowest BCUT2D eigenvalue weighted by Gasteiger charge is -2.38. The molecule has 30 heavy (non-hydrogen) atoms. The van der Waals surface area contributed by atoms with Crippen molar-refractivity contribution in [3.8, 4) is 0 Å². The molecule has 1 saturated carbocycles. The number of sulfone groups is 1. The van der Waals surface area contributed by atoms with E-state index in [1.54, 1.807) is 35.4 Å². The smallest absolute Gasteiger partial charge is 0.339 e. The molecule has 2 aliphatic rings. The minimum Gasteiger partial charge on any atom is -0.452 e. The maximum Gasteiger partial charge on any atom is 0.339 e. The summed E-state index contributed by atoms with van der Waals surface area (Å²) in [7, 11) is -3.12. The summed E-state index contributed by atoms with van der Waals surface area (Å²) < 4.78 is 29.4. The number of hydrogen-bond acceptors (Lipinski definition) is 6. The Hall–Kier alpha value is -2.48. The van der Waals surface area contributed by atoms with Gasteiger partial charge in [0.2, 0.25) is 0 Å². The zero-order chi connectivity index (χ0) is 21.1. The fourth-order valence-electron chi connectivity index (χ4n) is 4.62. The van der Waals surface area contributed by atoms with Crippen LogP contribution in [0.4, 0.5) is 0 Å². The maximum absolute atomic E-state index is 13.1. The standard InChI is InChI=1S/C22H26N2O5S/c25-21(14-29-22(26)19-8-4-10-20-18(19)9-5-12-23-20)24(16-6-2-1-3-7-16)17-11-13-30(27,28)15-17/h4-5,8-10,12,16-17H,1-3,6-7,11,13-15H2. The second-order valence-electron chi connectivity index (χ2n) is 8.10. The van der Waals surface area contributed by atoms with Crippen LogP contribution in [0.1, 0.15) is 48.9 Å². The number of carbonyl (C=O) groups is 2. The molecule has 4 rings (SSSR count). The van der Waals surface area contributed by atoms with E-state index in [1.165, 1.54) is 0 Å². The molecule has 1 amide bonds. The van der Waals surface area contributed by atoms with Crippen LogP contribution in [0.15, 0.2) is 36.5 Å². The van der Waals surface area contributed by atoms with Crippen molar-refractivity contribution in [2.24, 2.45) is 0 Å². The Morgan fingerprint density at radius 3 is 2.57 bits per heavy atom. The van der Waals surface area contributed by atoms with E-state index in [2.05, 4.69) is 4.98 Å². The molecular formula is C22H26N2O5S. The van der Waals surface area contributed by atoms with E-state index in [0.29, 0.717) is 22.9 Å². The van der Waals surface area contributed by atoms with Gasteiger partial charge in [-0.15, -0.1) is 0 Å². The van der Waals surface area contributed by atoms with Crippen molar-refractivity contribution >= 4 is 32.6 Å². The molecule has 1 unspecified atom stereocenters. The van der Waals surface area contributed by atoms with Crippen LogP contribution in [-0.2, 0) is 19.4 Å². The Kier molecular flexibility index (Phi) is 6.04. The SMILES string of the molecule is O=C(OCC(=O)N(C1CCCCC1)C1CCS(=O)(=O)C1)c1cccc2ncccc12. The second kappa shape index (κ2) is 8.71. The molecule has 0 spiro atoms. The van der Waals surface area contributed by atoms with E-state index < -0.39 is 15.8 Å². The quantitative estimate of drug-likeness (QED) is 0.677. The first-order valence-corrected chi connectivity index (χ1v) is 12.3. The lowest BCUT2D eigenvalue weighted by Crippen LogP contribution is -2.50. The van der Waals surface area contributed by atoms with Crippen LogP contribution in [-0.4, -0.2) is 60.4 Å². The number of pyridine rings is 1. The van der Waals surface area contributed by atoms with Crippen LogP contribution < -0.4 is 0 Å². The number of ether oxygens (including phenoxy) is 1. The highest BCUT2D eigenvalue weighted by Gasteiger charge is 2.38. The number of carbonyl (C=O) groups excluding carboxylic acids is 2. The number of fused-ring (bicyclic) bond motifs is 1. The largest absolute Gasteiger partial charge is 0.452 e. The van der Waals surface area contributed by atoms with Gasteiger partial charge in [-0.3, -0.25) is 9.78 Å². The van der Waals surface area contributed by atoms with Crippen molar-refractivity contribution in [1.82, 2.24) is 9.88 Å². The molecular weight excluding hydrogens is 404 g/mol. The number of aromatic nitrogens is 1. The number of rotatable bonds is 5. The Labute approximate surface area is 176 Å². The van der Waals surface area contributed by atoms with E-state index in [-0.39, 0.29) is 36.1 Å². The molecule has 1 aromatic carbocycles. The molecule has 7 nitrogen and oxygen atoms in total. The monoisotopic (exact) mass is 430 g/mol. The Morgan fingerprint density at radius 1 is 1.03 bits per heavy atom. The van der Waals surface area contributed by atoms with Gasteiger partial charge in [0.15, 0.2) is 16.4 Å². The predicted molar refractivity (Wildman–Crippen MR) is 113 cm³/mol. The molecule has 8 heteroatoms. The van der Waals surface area contributed by atoms with Crippen molar-refractivity contribution in [3.05, 3.63) is 42.1 Å². The van der Waals surface area contributed by atoms with Crippen molar-refractivity contribution < 1.29 is 22.7 Å². The summed E-state index contributed by atoms with van der Waals surface area (Å²) in [4.78, 5) is 31.7. The third kappa shape index (κ3) is 4.48. The molecule has 2 heterocycles. The van der Waals surface area contributed by atoms with E-state index in [4.69, 9.17) is 4.74 Å². The highest BCUT2D eigenvalue weighted by atomic mass is 32.2. The van der Waals surface area contributed by atoms with Crippen LogP contribution in [0, 0.1) is 0 Å². The number of benzene rings is 1. The van der Waals surface area contributed by atoms with Gasteiger partial charge in [-0.25, -0.2) is 13.2 Å². The fourth-order valence-corrected chi connectivity index (χ4v) is 6.33. The van der Waals surface area contributed by atoms with E-state index in [1.807, 2.05) is 6.07 Å². The Morgan fingerprint density at radius 2 is 1.83 bits per heavy atom. The van der Waals surface area contributed by atoms with Gasteiger partial charge in [-0.05, 0) is 37.5 Å². The highest BCUT2D eigenvalue weighted by molar-refractivity contribution is 7.91. The maximum atomic E-state index is 13.1. The topological polar surface area (TPSA) is 93.6 Å². The first-order chi connectivity index (χ1) is 14.4. The summed E-state index contributed by atoms with van der Waals surface area (Å²) in [6.45, 7) is -0.386. The first kappa shape index (κ1) is 20.8. The molecule has 1 atom stereocenters. The fraction of sp³-hybridized carbons (Fsp3) is 0.500. The van der Waals surface area contributed by atoms with Crippen LogP contribution in [0.5, 0.6) is 0 Å². The first-order valence-electron chi connectivity index (χ1n) is 10.5. The lowest BCUT2D eigenvalue weighted by molar-refractivity contribution is -0.140. The van der Waals surface area contributed by atoms with Gasteiger partial charge in [0.25, 0.3) is 5.91 Å². The molecule has 2 aromatic rings. The van der Waals surface area contributed by atoms with Crippen LogP contribution in [0.3, 0.4) is 0 Å². The molecule has 1 aliphatic carbocycles. The van der Waals surface area contributed by atoms with Gasteiger partial charge >= 0.3 is 5.97 Å². The lowest BCUT2D eigenvalue weighted by atomic mass is 9.93. The minimum absolute atomic E-state index is 0.00181. The molecule has 160 valence electrons. The molecule has 0 N–H and O–H groups in total. The van der Waals surface area contributed by atoms with Gasteiger partial charge in [0.05, 0.1) is 22.6 Å². The third-order valence-corrected chi connectivity index (χ3v) is 7.80. The van der Waals surface area contributed by atoms with Crippen molar-refractivity contribution in [2.45, 2.75) is 50.6 Å². The molecule has 1 saturated heterocycles. The van der Waals surface area contributed by atoms with E-state index >= 15 is 0 Å². The van der Waals surface area contributed by atoms with E-state index in [0.717, 1.165) is 32.1 Å².